The molecule has 1 unspecified atom stereocenters. The lowest BCUT2D eigenvalue weighted by molar-refractivity contribution is -0.147. The van der Waals surface area contributed by atoms with Crippen LogP contribution in [0.1, 0.15) is 12.5 Å². The van der Waals surface area contributed by atoms with Gasteiger partial charge in [-0.25, -0.2) is 4.79 Å². The molecule has 0 aliphatic carbocycles. The molecule has 3 rings (SSSR count). The van der Waals surface area contributed by atoms with Gasteiger partial charge in [-0.15, -0.1) is 0 Å². The van der Waals surface area contributed by atoms with Crippen molar-refractivity contribution in [3.8, 4) is 22.6 Å². The molecule has 0 radical (unpaired) electrons. The summed E-state index contributed by atoms with van der Waals surface area (Å²) in [7, 11) is 1.35. The molecule has 0 N–H and O–H groups in total. The van der Waals surface area contributed by atoms with Crippen LogP contribution in [0.4, 0.5) is 0 Å². The molecule has 4 heteroatoms. The van der Waals surface area contributed by atoms with Gasteiger partial charge in [-0.1, -0.05) is 54.6 Å². The van der Waals surface area contributed by atoms with E-state index in [0.717, 1.165) is 22.4 Å². The van der Waals surface area contributed by atoms with E-state index in [4.69, 9.17) is 9.47 Å². The van der Waals surface area contributed by atoms with Crippen LogP contribution in [0.15, 0.2) is 78.9 Å². The van der Waals surface area contributed by atoms with Crippen LogP contribution in [0, 0.1) is 0 Å². The van der Waals surface area contributed by atoms with Crippen LogP contribution in [0.2, 0.25) is 0 Å². The van der Waals surface area contributed by atoms with Crippen LogP contribution < -0.4 is 9.47 Å². The Morgan fingerprint density at radius 2 is 1.59 bits per heavy atom. The summed E-state index contributed by atoms with van der Waals surface area (Å²) in [5.41, 5.74) is 3.17. The van der Waals surface area contributed by atoms with Crippen molar-refractivity contribution < 1.29 is 19.0 Å². The second-order valence-electron chi connectivity index (χ2n) is 6.11. The standard InChI is InChI=1S/C23H22O4/c1-17(23(24)25-2)27-22-10-6-9-20(15-22)19-11-13-21(14-12-19)26-16-18-7-4-3-5-8-18/h3-15,17H,16H2,1-2H3. The highest BCUT2D eigenvalue weighted by atomic mass is 16.6. The van der Waals surface area contributed by atoms with Gasteiger partial charge < -0.3 is 14.2 Å². The van der Waals surface area contributed by atoms with Crippen molar-refractivity contribution in [2.45, 2.75) is 19.6 Å². The molecule has 0 fully saturated rings. The molecule has 3 aromatic rings. The topological polar surface area (TPSA) is 44.8 Å². The molecule has 0 saturated carbocycles. The number of hydrogen-bond acceptors (Lipinski definition) is 4. The first-order valence-corrected chi connectivity index (χ1v) is 8.77. The first kappa shape index (κ1) is 18.5. The Morgan fingerprint density at radius 3 is 2.30 bits per heavy atom. The maximum Gasteiger partial charge on any atom is 0.346 e. The average molecular weight is 362 g/mol. The third-order valence-corrected chi connectivity index (χ3v) is 4.12. The van der Waals surface area contributed by atoms with E-state index in [1.54, 1.807) is 6.92 Å². The molecule has 0 aromatic heterocycles. The molecule has 27 heavy (non-hydrogen) atoms. The lowest BCUT2D eigenvalue weighted by Crippen LogP contribution is -2.24. The molecule has 1 atom stereocenters. The summed E-state index contributed by atoms with van der Waals surface area (Å²) in [6.07, 6.45) is -0.654. The number of hydrogen-bond donors (Lipinski definition) is 0. The number of ether oxygens (including phenoxy) is 3. The number of esters is 1. The van der Waals surface area contributed by atoms with Crippen LogP contribution in [0.5, 0.6) is 11.5 Å². The van der Waals surface area contributed by atoms with Crippen LogP contribution in [-0.4, -0.2) is 19.2 Å². The fraction of sp³-hybridized carbons (Fsp3) is 0.174. The second kappa shape index (κ2) is 8.90. The molecule has 138 valence electrons. The number of benzene rings is 3. The van der Waals surface area contributed by atoms with Gasteiger partial charge in [0.05, 0.1) is 7.11 Å². The quantitative estimate of drug-likeness (QED) is 0.562. The van der Waals surface area contributed by atoms with Crippen LogP contribution in [0.25, 0.3) is 11.1 Å². The highest BCUT2D eigenvalue weighted by molar-refractivity contribution is 5.74. The molecule has 0 saturated heterocycles. The SMILES string of the molecule is COC(=O)C(C)Oc1cccc(-c2ccc(OCc3ccccc3)cc2)c1. The summed E-state index contributed by atoms with van der Waals surface area (Å²) < 4.78 is 16.2. The van der Waals surface area contributed by atoms with E-state index in [1.807, 2.05) is 78.9 Å². The van der Waals surface area contributed by atoms with Gasteiger partial charge in [0, 0.05) is 0 Å². The Hall–Kier alpha value is -3.27. The van der Waals surface area contributed by atoms with Gasteiger partial charge in [0.15, 0.2) is 6.10 Å². The summed E-state index contributed by atoms with van der Waals surface area (Å²) in [6.45, 7) is 2.20. The summed E-state index contributed by atoms with van der Waals surface area (Å²) in [4.78, 5) is 11.5. The van der Waals surface area contributed by atoms with E-state index in [1.165, 1.54) is 7.11 Å². The van der Waals surface area contributed by atoms with Crippen molar-refractivity contribution in [1.82, 2.24) is 0 Å². The van der Waals surface area contributed by atoms with Gasteiger partial charge >= 0.3 is 5.97 Å². The van der Waals surface area contributed by atoms with Crippen molar-refractivity contribution in [2.24, 2.45) is 0 Å². The molecule has 0 aliphatic rings. The van der Waals surface area contributed by atoms with Crippen LogP contribution >= 0.6 is 0 Å². The van der Waals surface area contributed by atoms with Crippen LogP contribution in [-0.2, 0) is 16.1 Å². The third kappa shape index (κ3) is 5.11. The van der Waals surface area contributed by atoms with E-state index < -0.39 is 12.1 Å². The minimum atomic E-state index is -0.654. The molecule has 0 spiro atoms. The maximum absolute atomic E-state index is 11.5. The van der Waals surface area contributed by atoms with Gasteiger partial charge in [-0.3, -0.25) is 0 Å². The Labute approximate surface area is 159 Å². The summed E-state index contributed by atoms with van der Waals surface area (Å²) in [5.74, 6) is 1.03. The van der Waals surface area contributed by atoms with Gasteiger partial charge in [-0.05, 0) is 47.9 Å². The fourth-order valence-corrected chi connectivity index (χ4v) is 2.65. The molecule has 0 aliphatic heterocycles. The zero-order valence-corrected chi connectivity index (χ0v) is 15.4. The molecular weight excluding hydrogens is 340 g/mol. The van der Waals surface area contributed by atoms with E-state index in [2.05, 4.69) is 4.74 Å². The number of carbonyl (C=O) groups is 1. The van der Waals surface area contributed by atoms with Crippen molar-refractivity contribution in [2.75, 3.05) is 7.11 Å². The largest absolute Gasteiger partial charge is 0.489 e. The van der Waals surface area contributed by atoms with Gasteiger partial charge in [0.1, 0.15) is 18.1 Å². The zero-order valence-electron chi connectivity index (χ0n) is 15.4. The van der Waals surface area contributed by atoms with Crippen molar-refractivity contribution >= 4 is 5.97 Å². The number of methoxy groups -OCH3 is 1. The van der Waals surface area contributed by atoms with Crippen molar-refractivity contribution in [3.63, 3.8) is 0 Å². The van der Waals surface area contributed by atoms with Gasteiger partial charge in [0.2, 0.25) is 0 Å². The molecule has 0 heterocycles. The van der Waals surface area contributed by atoms with Gasteiger partial charge in [0.25, 0.3) is 0 Å². The molecule has 0 bridgehead atoms. The van der Waals surface area contributed by atoms with Crippen molar-refractivity contribution in [3.05, 3.63) is 84.4 Å². The Kier molecular flexibility index (Phi) is 6.10. The monoisotopic (exact) mass is 362 g/mol. The number of rotatable bonds is 7. The lowest BCUT2D eigenvalue weighted by Gasteiger charge is -2.13. The number of carbonyl (C=O) groups excluding carboxylic acids is 1. The second-order valence-corrected chi connectivity index (χ2v) is 6.11. The van der Waals surface area contributed by atoms with E-state index in [0.29, 0.717) is 12.4 Å². The summed E-state index contributed by atoms with van der Waals surface area (Å²) >= 11 is 0. The minimum Gasteiger partial charge on any atom is -0.489 e. The van der Waals surface area contributed by atoms with E-state index in [-0.39, 0.29) is 0 Å². The summed E-state index contributed by atoms with van der Waals surface area (Å²) in [6, 6.07) is 25.6. The molecular formula is C23H22O4. The van der Waals surface area contributed by atoms with Crippen molar-refractivity contribution in [1.29, 1.82) is 0 Å². The zero-order chi connectivity index (χ0) is 19.1. The van der Waals surface area contributed by atoms with Crippen LogP contribution in [0.3, 0.4) is 0 Å². The van der Waals surface area contributed by atoms with E-state index >= 15 is 0 Å². The average Bonchev–Trinajstić information content (AvgIpc) is 2.73. The molecule has 3 aromatic carbocycles. The molecule has 0 amide bonds. The highest BCUT2D eigenvalue weighted by Crippen LogP contribution is 2.26. The predicted molar refractivity (Wildman–Crippen MR) is 105 cm³/mol. The van der Waals surface area contributed by atoms with Gasteiger partial charge in [-0.2, -0.15) is 0 Å². The normalized spacial score (nSPS) is 11.5. The predicted octanol–water partition coefficient (Wildman–Crippen LogP) is 4.87. The maximum atomic E-state index is 11.5. The lowest BCUT2D eigenvalue weighted by atomic mass is 10.1. The highest BCUT2D eigenvalue weighted by Gasteiger charge is 2.14. The Bertz CT molecular complexity index is 872. The first-order valence-electron chi connectivity index (χ1n) is 8.77. The minimum absolute atomic E-state index is 0.402. The Balaban J connectivity index is 1.66. The first-order chi connectivity index (χ1) is 13.2. The third-order valence-electron chi connectivity index (χ3n) is 4.12. The smallest absolute Gasteiger partial charge is 0.346 e. The molecule has 4 nitrogen and oxygen atoms in total. The van der Waals surface area contributed by atoms with E-state index in [9.17, 15) is 4.79 Å². The fourth-order valence-electron chi connectivity index (χ4n) is 2.65. The summed E-state index contributed by atoms with van der Waals surface area (Å²) in [5, 5.41) is 0. The Morgan fingerprint density at radius 1 is 0.852 bits per heavy atom.